The SMILES string of the molecule is CCN1C(=CC2=C(O)/C(=C\C3=[N+](CC)c4ccccc4C3(C)C)C2=O)C(C)(C)c2ccccc21. The number of benzene rings is 2. The number of carbonyl (C=O) groups is 1. The van der Waals surface area contributed by atoms with Crippen LogP contribution in [0, 0.1) is 0 Å². The molecule has 0 spiro atoms. The zero-order valence-corrected chi connectivity index (χ0v) is 20.9. The van der Waals surface area contributed by atoms with Crippen molar-refractivity contribution in [2.75, 3.05) is 18.0 Å². The molecule has 0 radical (unpaired) electrons. The number of aliphatic hydroxyl groups is 1. The third-order valence-electron chi connectivity index (χ3n) is 7.79. The minimum Gasteiger partial charge on any atom is -0.506 e. The van der Waals surface area contributed by atoms with Crippen LogP contribution in [0.2, 0.25) is 0 Å². The van der Waals surface area contributed by atoms with E-state index in [4.69, 9.17) is 0 Å². The Bertz CT molecular complexity index is 1350. The number of anilines is 1. The number of aliphatic hydroxyl groups excluding tert-OH is 1. The average molecular weight is 454 g/mol. The number of Topliss-reactive ketones (excluding diaryl/α,β-unsaturated/α-hetero) is 1. The highest BCUT2D eigenvalue weighted by Gasteiger charge is 2.46. The molecule has 0 amide bonds. The number of para-hydroxylation sites is 2. The van der Waals surface area contributed by atoms with Gasteiger partial charge < -0.3 is 10.0 Å². The Morgan fingerprint density at radius 2 is 1.56 bits per heavy atom. The lowest BCUT2D eigenvalue weighted by atomic mass is 9.77. The Kier molecular flexibility index (Phi) is 4.98. The van der Waals surface area contributed by atoms with Crippen LogP contribution in [0.15, 0.2) is 83.3 Å². The fourth-order valence-corrected chi connectivity index (χ4v) is 5.87. The summed E-state index contributed by atoms with van der Waals surface area (Å²) in [6.45, 7) is 14.5. The molecular weight excluding hydrogens is 420 g/mol. The van der Waals surface area contributed by atoms with Crippen molar-refractivity contribution < 1.29 is 14.5 Å². The summed E-state index contributed by atoms with van der Waals surface area (Å²) < 4.78 is 2.24. The van der Waals surface area contributed by atoms with E-state index in [1.165, 1.54) is 22.5 Å². The molecule has 34 heavy (non-hydrogen) atoms. The number of fused-ring (bicyclic) bond motifs is 2. The summed E-state index contributed by atoms with van der Waals surface area (Å²) in [5, 5.41) is 11.0. The standard InChI is InChI=1S/C30H32N2O2/c1-7-31-23-15-11-9-13-21(23)29(3,4)25(31)17-19-27(33)20(28(19)34)18-26-30(5,6)22-14-10-12-16-24(22)32(26)8-2/h9-18H,7-8H2,1-6H3/p+1. The van der Waals surface area contributed by atoms with Gasteiger partial charge in [0.15, 0.2) is 5.71 Å². The quantitative estimate of drug-likeness (QED) is 0.449. The van der Waals surface area contributed by atoms with E-state index in [2.05, 4.69) is 87.4 Å². The maximum Gasteiger partial charge on any atom is 0.209 e. The van der Waals surface area contributed by atoms with Crippen LogP contribution >= 0.6 is 0 Å². The van der Waals surface area contributed by atoms with Crippen molar-refractivity contribution in [3.63, 3.8) is 0 Å². The number of ketones is 1. The van der Waals surface area contributed by atoms with Gasteiger partial charge in [0.2, 0.25) is 11.5 Å². The number of nitrogens with zero attached hydrogens (tertiary/aromatic N) is 2. The van der Waals surface area contributed by atoms with E-state index < -0.39 is 0 Å². The third-order valence-corrected chi connectivity index (χ3v) is 7.79. The first-order valence-electron chi connectivity index (χ1n) is 12.2. The minimum atomic E-state index is -0.248. The van der Waals surface area contributed by atoms with Crippen molar-refractivity contribution in [2.45, 2.75) is 52.4 Å². The Hall–Kier alpha value is -3.40. The molecule has 0 bridgehead atoms. The van der Waals surface area contributed by atoms with Crippen LogP contribution in [-0.2, 0) is 15.6 Å². The number of likely N-dealkylation sites (N-methyl/N-ethyl adjacent to an activating group) is 1. The first-order valence-corrected chi connectivity index (χ1v) is 12.2. The Morgan fingerprint density at radius 3 is 2.21 bits per heavy atom. The topological polar surface area (TPSA) is 43.5 Å². The van der Waals surface area contributed by atoms with Gasteiger partial charge in [-0.3, -0.25) is 4.79 Å². The Labute approximate surface area is 202 Å². The van der Waals surface area contributed by atoms with Crippen LogP contribution in [0.25, 0.3) is 0 Å². The van der Waals surface area contributed by atoms with E-state index >= 15 is 0 Å². The molecule has 3 aliphatic rings. The Morgan fingerprint density at radius 1 is 0.912 bits per heavy atom. The molecular formula is C30H33N2O2+. The fraction of sp³-hybridized carbons (Fsp3) is 0.333. The van der Waals surface area contributed by atoms with Crippen LogP contribution < -0.4 is 4.90 Å². The van der Waals surface area contributed by atoms with Gasteiger partial charge in [-0.05, 0) is 45.4 Å². The van der Waals surface area contributed by atoms with Gasteiger partial charge >= 0.3 is 0 Å². The van der Waals surface area contributed by atoms with Gasteiger partial charge in [-0.25, -0.2) is 0 Å². The molecule has 0 aromatic heterocycles. The summed E-state index contributed by atoms with van der Waals surface area (Å²) in [6.07, 6.45) is 3.80. The molecule has 2 aromatic rings. The van der Waals surface area contributed by atoms with Gasteiger partial charge in [-0.15, -0.1) is 0 Å². The van der Waals surface area contributed by atoms with E-state index in [1.54, 1.807) is 0 Å². The van der Waals surface area contributed by atoms with Gasteiger partial charge in [-0.1, -0.05) is 50.2 Å². The molecule has 4 nitrogen and oxygen atoms in total. The van der Waals surface area contributed by atoms with E-state index in [9.17, 15) is 9.90 Å². The fourth-order valence-electron chi connectivity index (χ4n) is 5.87. The summed E-state index contributed by atoms with van der Waals surface area (Å²) in [4.78, 5) is 15.6. The van der Waals surface area contributed by atoms with Crippen LogP contribution in [0.1, 0.15) is 52.7 Å². The number of allylic oxidation sites excluding steroid dienone is 5. The molecule has 5 rings (SSSR count). The molecule has 1 aliphatic carbocycles. The molecule has 0 unspecified atom stereocenters. The van der Waals surface area contributed by atoms with Gasteiger partial charge in [0.05, 0.1) is 16.6 Å². The highest BCUT2D eigenvalue weighted by Crippen LogP contribution is 2.49. The molecule has 0 fully saturated rings. The maximum absolute atomic E-state index is 13.3. The van der Waals surface area contributed by atoms with Crippen molar-refractivity contribution in [2.24, 2.45) is 0 Å². The van der Waals surface area contributed by atoms with Crippen LogP contribution in [0.3, 0.4) is 0 Å². The number of hydrogen-bond acceptors (Lipinski definition) is 3. The summed E-state index contributed by atoms with van der Waals surface area (Å²) >= 11 is 0. The first kappa shape index (κ1) is 22.4. The molecule has 2 aromatic carbocycles. The van der Waals surface area contributed by atoms with Gasteiger partial charge in [0.1, 0.15) is 12.3 Å². The van der Waals surface area contributed by atoms with Gasteiger partial charge in [-0.2, -0.15) is 4.58 Å². The van der Waals surface area contributed by atoms with Gasteiger partial charge in [0.25, 0.3) is 0 Å². The molecule has 1 N–H and O–H groups in total. The third kappa shape index (κ3) is 2.91. The summed E-state index contributed by atoms with van der Waals surface area (Å²) in [5.41, 5.74) is 7.21. The monoisotopic (exact) mass is 453 g/mol. The molecule has 0 saturated heterocycles. The highest BCUT2D eigenvalue weighted by molar-refractivity contribution is 6.24. The predicted octanol–water partition coefficient (Wildman–Crippen LogP) is 6.11. The summed E-state index contributed by atoms with van der Waals surface area (Å²) in [5.74, 6) is -0.00117. The van der Waals surface area contributed by atoms with Crippen LogP contribution in [0.5, 0.6) is 0 Å². The number of carbonyl (C=O) groups excluding carboxylic acids is 1. The zero-order chi connectivity index (χ0) is 24.4. The van der Waals surface area contributed by atoms with E-state index in [-0.39, 0.29) is 22.4 Å². The van der Waals surface area contributed by atoms with Crippen LogP contribution in [-0.4, -0.2) is 34.3 Å². The first-order chi connectivity index (χ1) is 16.1. The second kappa shape index (κ2) is 7.56. The van der Waals surface area contributed by atoms with E-state index in [1.807, 2.05) is 24.3 Å². The smallest absolute Gasteiger partial charge is 0.209 e. The highest BCUT2D eigenvalue weighted by atomic mass is 16.3. The lowest BCUT2D eigenvalue weighted by Gasteiger charge is -2.28. The molecule has 0 saturated carbocycles. The lowest BCUT2D eigenvalue weighted by Crippen LogP contribution is -2.32. The van der Waals surface area contributed by atoms with Crippen molar-refractivity contribution >= 4 is 22.9 Å². The van der Waals surface area contributed by atoms with Gasteiger partial charge in [0, 0.05) is 41.1 Å². The number of hydrogen-bond donors (Lipinski definition) is 1. The van der Waals surface area contributed by atoms with Crippen molar-refractivity contribution in [3.05, 3.63) is 94.4 Å². The number of rotatable bonds is 4. The zero-order valence-electron chi connectivity index (χ0n) is 20.9. The predicted molar refractivity (Wildman–Crippen MR) is 138 cm³/mol. The summed E-state index contributed by atoms with van der Waals surface area (Å²) in [7, 11) is 0. The second-order valence-electron chi connectivity index (χ2n) is 10.3. The molecule has 2 aliphatic heterocycles. The average Bonchev–Trinajstić information content (AvgIpc) is 3.19. The minimum absolute atomic E-state index is 0.0932. The van der Waals surface area contributed by atoms with Crippen molar-refractivity contribution in [1.29, 1.82) is 0 Å². The van der Waals surface area contributed by atoms with E-state index in [0.717, 1.165) is 24.5 Å². The second-order valence-corrected chi connectivity index (χ2v) is 10.3. The van der Waals surface area contributed by atoms with Crippen molar-refractivity contribution in [3.8, 4) is 0 Å². The maximum atomic E-state index is 13.3. The van der Waals surface area contributed by atoms with Crippen molar-refractivity contribution in [1.82, 2.24) is 0 Å². The normalized spacial score (nSPS) is 22.5. The Balaban J connectivity index is 1.58. The van der Waals surface area contributed by atoms with E-state index in [0.29, 0.717) is 11.1 Å². The molecule has 174 valence electrons. The van der Waals surface area contributed by atoms with Crippen LogP contribution in [0.4, 0.5) is 11.4 Å². The largest absolute Gasteiger partial charge is 0.506 e. The lowest BCUT2D eigenvalue weighted by molar-refractivity contribution is -0.433. The molecule has 4 heteroatoms. The molecule has 0 atom stereocenters. The molecule has 2 heterocycles. The summed E-state index contributed by atoms with van der Waals surface area (Å²) in [6, 6.07) is 16.8.